The lowest BCUT2D eigenvalue weighted by Crippen LogP contribution is -2.15. The van der Waals surface area contributed by atoms with Gasteiger partial charge in [0, 0.05) is 10.9 Å². The average molecular weight is 485 g/mol. The van der Waals surface area contributed by atoms with Gasteiger partial charge in [-0.15, -0.1) is 11.3 Å². The number of carboxylic acid groups (broad SMARTS) is 1. The van der Waals surface area contributed by atoms with Crippen LogP contribution in [-0.4, -0.2) is 23.6 Å². The van der Waals surface area contributed by atoms with E-state index in [0.29, 0.717) is 5.56 Å². The maximum Gasteiger partial charge on any atom is 0.339 e. The van der Waals surface area contributed by atoms with Crippen LogP contribution in [0.1, 0.15) is 33.2 Å². The number of hydrogen-bond acceptors (Lipinski definition) is 4. The third-order valence-electron chi connectivity index (χ3n) is 4.20. The Labute approximate surface area is 192 Å². The summed E-state index contributed by atoms with van der Waals surface area (Å²) in [5.74, 6) is -1.69. The summed E-state index contributed by atoms with van der Waals surface area (Å²) in [7, 11) is 0. The molecule has 2 aromatic carbocycles. The van der Waals surface area contributed by atoms with E-state index in [1.165, 1.54) is 6.07 Å². The number of carboxylic acids is 1. The topological polar surface area (TPSA) is 75.6 Å². The summed E-state index contributed by atoms with van der Waals surface area (Å²) in [5.41, 5.74) is 2.18. The minimum Gasteiger partial charge on any atom is -0.491 e. The van der Waals surface area contributed by atoms with Gasteiger partial charge in [-0.25, -0.2) is 4.79 Å². The van der Waals surface area contributed by atoms with Crippen molar-refractivity contribution in [2.75, 3.05) is 11.9 Å². The molecule has 0 aliphatic carbocycles. The van der Waals surface area contributed by atoms with Gasteiger partial charge in [0.15, 0.2) is 5.75 Å². The first kappa shape index (κ1) is 22.4. The van der Waals surface area contributed by atoms with Crippen LogP contribution in [0.15, 0.2) is 35.7 Å². The molecule has 0 saturated carbocycles. The summed E-state index contributed by atoms with van der Waals surface area (Å²) < 4.78 is 5.40. The van der Waals surface area contributed by atoms with Gasteiger partial charge in [0.2, 0.25) is 0 Å². The molecular formula is C21H16Cl3NO4S. The fraction of sp³-hybridized carbons (Fsp3) is 0.143. The van der Waals surface area contributed by atoms with Crippen LogP contribution >= 0.6 is 46.1 Å². The summed E-state index contributed by atoms with van der Waals surface area (Å²) in [6.07, 6.45) is 0. The third kappa shape index (κ3) is 4.42. The molecule has 5 nitrogen and oxygen atoms in total. The number of nitrogens with one attached hydrogen (secondary N) is 1. The first-order chi connectivity index (χ1) is 14.2. The molecule has 30 heavy (non-hydrogen) atoms. The molecule has 0 spiro atoms. The first-order valence-electron chi connectivity index (χ1n) is 8.78. The maximum atomic E-state index is 12.9. The highest BCUT2D eigenvalue weighted by Crippen LogP contribution is 2.41. The minimum absolute atomic E-state index is 0.00908. The van der Waals surface area contributed by atoms with Crippen molar-refractivity contribution in [2.45, 2.75) is 13.8 Å². The monoisotopic (exact) mass is 483 g/mol. The molecule has 0 unspecified atom stereocenters. The zero-order valence-electron chi connectivity index (χ0n) is 15.9. The number of halogens is 3. The van der Waals surface area contributed by atoms with Gasteiger partial charge >= 0.3 is 5.97 Å². The molecule has 9 heteroatoms. The Morgan fingerprint density at radius 2 is 1.87 bits per heavy atom. The van der Waals surface area contributed by atoms with E-state index >= 15 is 0 Å². The van der Waals surface area contributed by atoms with E-state index in [1.54, 1.807) is 12.3 Å². The number of carbonyl (C=O) groups is 2. The highest BCUT2D eigenvalue weighted by molar-refractivity contribution is 7.15. The van der Waals surface area contributed by atoms with Crippen molar-refractivity contribution in [1.82, 2.24) is 0 Å². The SMILES string of the molecule is CCOc1c(Cl)cc(Cl)c(C(=O)Nc2scc(-c3cccc(C)c3)c2C(=O)O)c1Cl. The summed E-state index contributed by atoms with van der Waals surface area (Å²) in [4.78, 5) is 24.9. The van der Waals surface area contributed by atoms with Gasteiger partial charge in [-0.3, -0.25) is 4.79 Å². The second kappa shape index (κ2) is 9.27. The van der Waals surface area contributed by atoms with Crippen molar-refractivity contribution < 1.29 is 19.4 Å². The Hall–Kier alpha value is -2.25. The first-order valence-corrected chi connectivity index (χ1v) is 10.8. The van der Waals surface area contributed by atoms with Crippen molar-refractivity contribution in [3.8, 4) is 16.9 Å². The van der Waals surface area contributed by atoms with Crippen LogP contribution in [-0.2, 0) is 0 Å². The molecule has 0 saturated heterocycles. The van der Waals surface area contributed by atoms with E-state index in [1.807, 2.05) is 31.2 Å². The smallest absolute Gasteiger partial charge is 0.339 e. The number of thiophene rings is 1. The maximum absolute atomic E-state index is 12.9. The van der Waals surface area contributed by atoms with Gasteiger partial charge < -0.3 is 15.2 Å². The summed E-state index contributed by atoms with van der Waals surface area (Å²) in [6, 6.07) is 8.81. The molecule has 156 valence electrons. The van der Waals surface area contributed by atoms with Crippen LogP contribution in [0.2, 0.25) is 15.1 Å². The number of hydrogen-bond donors (Lipinski definition) is 2. The van der Waals surface area contributed by atoms with Crippen LogP contribution in [0, 0.1) is 6.92 Å². The van der Waals surface area contributed by atoms with E-state index in [9.17, 15) is 14.7 Å². The van der Waals surface area contributed by atoms with E-state index < -0.39 is 11.9 Å². The Morgan fingerprint density at radius 3 is 2.50 bits per heavy atom. The van der Waals surface area contributed by atoms with E-state index in [-0.39, 0.29) is 43.6 Å². The van der Waals surface area contributed by atoms with Gasteiger partial charge in [0.1, 0.15) is 10.6 Å². The van der Waals surface area contributed by atoms with Crippen LogP contribution in [0.25, 0.3) is 11.1 Å². The van der Waals surface area contributed by atoms with Gasteiger partial charge in [-0.2, -0.15) is 0 Å². The van der Waals surface area contributed by atoms with Crippen molar-refractivity contribution in [1.29, 1.82) is 0 Å². The molecule has 0 aliphatic rings. The van der Waals surface area contributed by atoms with Crippen molar-refractivity contribution in [2.24, 2.45) is 0 Å². The standard InChI is InChI=1S/C21H16Cl3NO4S/c1-3-29-18-14(23)8-13(22)16(17(18)24)19(26)25-20-15(21(27)28)12(9-30-20)11-6-4-5-10(2)7-11/h4-9H,3H2,1-2H3,(H,25,26)(H,27,28). The van der Waals surface area contributed by atoms with Gasteiger partial charge in [-0.05, 0) is 25.5 Å². The lowest BCUT2D eigenvalue weighted by Gasteiger charge is -2.14. The third-order valence-corrected chi connectivity index (χ3v) is 6.04. The normalized spacial score (nSPS) is 10.7. The number of benzene rings is 2. The highest BCUT2D eigenvalue weighted by atomic mass is 35.5. The molecule has 2 N–H and O–H groups in total. The molecule has 0 bridgehead atoms. The number of ether oxygens (including phenoxy) is 1. The quantitative estimate of drug-likeness (QED) is 0.394. The molecule has 1 aromatic heterocycles. The zero-order valence-corrected chi connectivity index (χ0v) is 19.0. The number of amides is 1. The fourth-order valence-electron chi connectivity index (χ4n) is 2.91. The number of rotatable bonds is 6. The lowest BCUT2D eigenvalue weighted by molar-refractivity contribution is 0.0699. The summed E-state index contributed by atoms with van der Waals surface area (Å²) >= 11 is 19.7. The number of aromatic carboxylic acids is 1. The average Bonchev–Trinajstić information content (AvgIpc) is 3.08. The zero-order chi connectivity index (χ0) is 22.0. The fourth-order valence-corrected chi connectivity index (χ4v) is 4.91. The van der Waals surface area contributed by atoms with Crippen LogP contribution in [0.3, 0.4) is 0 Å². The molecule has 0 fully saturated rings. The number of carbonyl (C=O) groups excluding carboxylic acids is 1. The van der Waals surface area contributed by atoms with Gasteiger partial charge in [0.05, 0.1) is 27.2 Å². The van der Waals surface area contributed by atoms with E-state index in [4.69, 9.17) is 39.5 Å². The highest BCUT2D eigenvalue weighted by Gasteiger charge is 2.25. The number of anilines is 1. The Kier molecular flexibility index (Phi) is 6.93. The van der Waals surface area contributed by atoms with Crippen molar-refractivity contribution in [3.63, 3.8) is 0 Å². The summed E-state index contributed by atoms with van der Waals surface area (Å²) in [5, 5.41) is 14.4. The lowest BCUT2D eigenvalue weighted by atomic mass is 10.0. The molecule has 1 amide bonds. The number of aryl methyl sites for hydroxylation is 1. The second-order valence-corrected chi connectivity index (χ2v) is 8.35. The van der Waals surface area contributed by atoms with Crippen LogP contribution in [0.4, 0.5) is 5.00 Å². The Balaban J connectivity index is 2.03. The second-order valence-electron chi connectivity index (χ2n) is 6.27. The molecule has 1 heterocycles. The van der Waals surface area contributed by atoms with E-state index in [0.717, 1.165) is 22.5 Å². The minimum atomic E-state index is -1.16. The van der Waals surface area contributed by atoms with E-state index in [2.05, 4.69) is 5.32 Å². The predicted molar refractivity (Wildman–Crippen MR) is 122 cm³/mol. The van der Waals surface area contributed by atoms with Gasteiger partial charge in [-0.1, -0.05) is 64.6 Å². The molecule has 0 aliphatic heterocycles. The molecule has 0 atom stereocenters. The van der Waals surface area contributed by atoms with Gasteiger partial charge in [0.25, 0.3) is 5.91 Å². The van der Waals surface area contributed by atoms with Crippen molar-refractivity contribution in [3.05, 3.63) is 67.5 Å². The molecular weight excluding hydrogens is 469 g/mol. The Bertz CT molecular complexity index is 1140. The Morgan fingerprint density at radius 1 is 1.13 bits per heavy atom. The predicted octanol–water partition coefficient (Wildman–Crippen LogP) is 7.03. The summed E-state index contributed by atoms with van der Waals surface area (Å²) in [6.45, 7) is 3.95. The van der Waals surface area contributed by atoms with Crippen LogP contribution < -0.4 is 10.1 Å². The van der Waals surface area contributed by atoms with Crippen molar-refractivity contribution >= 4 is 63.0 Å². The van der Waals surface area contributed by atoms with Crippen LogP contribution in [0.5, 0.6) is 5.75 Å². The molecule has 3 aromatic rings. The molecule has 0 radical (unpaired) electrons. The largest absolute Gasteiger partial charge is 0.491 e. The molecule has 3 rings (SSSR count).